The van der Waals surface area contributed by atoms with Gasteiger partial charge < -0.3 is 15.3 Å². The van der Waals surface area contributed by atoms with Crippen molar-refractivity contribution in [2.24, 2.45) is 5.92 Å². The largest absolute Gasteiger partial charge is 0.481 e. The third-order valence-electron chi connectivity index (χ3n) is 3.51. The molecule has 1 aliphatic rings. The molecule has 110 valence electrons. The number of nitrogens with zero attached hydrogens (tertiary/aromatic N) is 1. The van der Waals surface area contributed by atoms with Crippen molar-refractivity contribution in [3.8, 4) is 0 Å². The molecule has 1 rings (SSSR count). The van der Waals surface area contributed by atoms with Crippen molar-refractivity contribution in [1.82, 2.24) is 10.2 Å². The van der Waals surface area contributed by atoms with Crippen molar-refractivity contribution in [3.63, 3.8) is 0 Å². The number of carboxylic acids is 1. The fraction of sp³-hybridized carbons (Fsp3) is 0.857. The van der Waals surface area contributed by atoms with Gasteiger partial charge in [-0.15, -0.1) is 0 Å². The van der Waals surface area contributed by atoms with Crippen LogP contribution in [-0.2, 0) is 4.79 Å². The number of carbonyl (C=O) groups is 2. The van der Waals surface area contributed by atoms with Crippen molar-refractivity contribution in [1.29, 1.82) is 0 Å². The molecule has 1 unspecified atom stereocenters. The second kappa shape index (κ2) is 7.36. The quantitative estimate of drug-likeness (QED) is 0.712. The summed E-state index contributed by atoms with van der Waals surface area (Å²) in [6.07, 6.45) is 4.18. The van der Waals surface area contributed by atoms with Gasteiger partial charge in [0.1, 0.15) is 0 Å². The zero-order valence-electron chi connectivity index (χ0n) is 12.2. The van der Waals surface area contributed by atoms with Crippen LogP contribution in [0.5, 0.6) is 0 Å². The Kier molecular flexibility index (Phi) is 6.12. The molecular formula is C14H26N2O3. The molecule has 0 saturated heterocycles. The van der Waals surface area contributed by atoms with E-state index in [1.54, 1.807) is 0 Å². The molecule has 0 aromatic heterocycles. The molecule has 19 heavy (non-hydrogen) atoms. The summed E-state index contributed by atoms with van der Waals surface area (Å²) in [6.45, 7) is 6.73. The highest BCUT2D eigenvalue weighted by molar-refractivity contribution is 5.76. The van der Waals surface area contributed by atoms with Gasteiger partial charge in [-0.3, -0.25) is 4.79 Å². The highest BCUT2D eigenvalue weighted by atomic mass is 16.4. The minimum absolute atomic E-state index is 0.0182. The average molecular weight is 270 g/mol. The monoisotopic (exact) mass is 270 g/mol. The van der Waals surface area contributed by atoms with Crippen LogP contribution >= 0.6 is 0 Å². The summed E-state index contributed by atoms with van der Waals surface area (Å²) in [5.41, 5.74) is 0. The molecular weight excluding hydrogens is 244 g/mol. The molecule has 2 N–H and O–H groups in total. The molecule has 1 fully saturated rings. The van der Waals surface area contributed by atoms with Crippen molar-refractivity contribution >= 4 is 12.0 Å². The van der Waals surface area contributed by atoms with Gasteiger partial charge in [-0.1, -0.05) is 27.2 Å². The first-order valence-electron chi connectivity index (χ1n) is 7.24. The smallest absolute Gasteiger partial charge is 0.317 e. The fourth-order valence-corrected chi connectivity index (χ4v) is 2.05. The number of urea groups is 1. The van der Waals surface area contributed by atoms with Gasteiger partial charge in [0.05, 0.1) is 6.42 Å². The molecule has 0 aromatic rings. The minimum Gasteiger partial charge on any atom is -0.481 e. The molecule has 0 bridgehead atoms. The fourth-order valence-electron chi connectivity index (χ4n) is 2.05. The van der Waals surface area contributed by atoms with E-state index in [4.69, 9.17) is 5.11 Å². The Morgan fingerprint density at radius 1 is 1.37 bits per heavy atom. The Bertz CT molecular complexity index is 314. The second-order valence-electron chi connectivity index (χ2n) is 5.68. The van der Waals surface area contributed by atoms with Gasteiger partial charge >= 0.3 is 12.0 Å². The van der Waals surface area contributed by atoms with Crippen LogP contribution in [0, 0.1) is 5.92 Å². The molecule has 2 amide bonds. The van der Waals surface area contributed by atoms with Gasteiger partial charge in [0, 0.05) is 18.6 Å². The Morgan fingerprint density at radius 2 is 2.00 bits per heavy atom. The minimum atomic E-state index is -0.870. The summed E-state index contributed by atoms with van der Waals surface area (Å²) in [7, 11) is 0. The molecule has 0 aliphatic heterocycles. The normalized spacial score (nSPS) is 16.2. The number of carbonyl (C=O) groups excluding carboxylic acids is 1. The zero-order chi connectivity index (χ0) is 14.4. The maximum absolute atomic E-state index is 12.2. The van der Waals surface area contributed by atoms with Gasteiger partial charge in [0.15, 0.2) is 0 Å². The van der Waals surface area contributed by atoms with Crippen LogP contribution < -0.4 is 5.32 Å². The first-order valence-corrected chi connectivity index (χ1v) is 7.24. The van der Waals surface area contributed by atoms with Crippen LogP contribution in [-0.4, -0.2) is 40.6 Å². The van der Waals surface area contributed by atoms with Gasteiger partial charge in [-0.05, 0) is 25.2 Å². The number of nitrogens with one attached hydrogen (secondary N) is 1. The number of unbranched alkanes of at least 4 members (excludes halogenated alkanes) is 1. The maximum atomic E-state index is 12.2. The molecule has 5 heteroatoms. The van der Waals surface area contributed by atoms with Crippen LogP contribution in [0.4, 0.5) is 4.79 Å². The van der Waals surface area contributed by atoms with E-state index in [2.05, 4.69) is 12.2 Å². The first kappa shape index (κ1) is 15.8. The SMILES string of the molecule is CCCCN(C(=O)NC(CC(=O)O)C(C)C)C1CC1. The molecule has 1 aliphatic carbocycles. The van der Waals surface area contributed by atoms with E-state index in [-0.39, 0.29) is 24.4 Å². The highest BCUT2D eigenvalue weighted by Gasteiger charge is 2.33. The third-order valence-corrected chi connectivity index (χ3v) is 3.51. The van der Waals surface area contributed by atoms with Crippen molar-refractivity contribution in [3.05, 3.63) is 0 Å². The molecule has 0 heterocycles. The Hall–Kier alpha value is -1.26. The van der Waals surface area contributed by atoms with E-state index in [1.165, 1.54) is 0 Å². The van der Waals surface area contributed by atoms with Gasteiger partial charge in [0.25, 0.3) is 0 Å². The molecule has 0 spiro atoms. The van der Waals surface area contributed by atoms with Gasteiger partial charge in [-0.2, -0.15) is 0 Å². The summed E-state index contributed by atoms with van der Waals surface area (Å²) in [4.78, 5) is 24.9. The summed E-state index contributed by atoms with van der Waals surface area (Å²) >= 11 is 0. The predicted molar refractivity (Wildman–Crippen MR) is 74.0 cm³/mol. The standard InChI is InChI=1S/C14H26N2O3/c1-4-5-8-16(11-6-7-11)14(19)15-12(10(2)3)9-13(17)18/h10-12H,4-9H2,1-3H3,(H,15,19)(H,17,18). The lowest BCUT2D eigenvalue weighted by Crippen LogP contribution is -2.48. The lowest BCUT2D eigenvalue weighted by molar-refractivity contribution is -0.137. The average Bonchev–Trinajstić information content (AvgIpc) is 3.12. The van der Waals surface area contributed by atoms with E-state index < -0.39 is 5.97 Å². The maximum Gasteiger partial charge on any atom is 0.317 e. The number of carboxylic acid groups (broad SMARTS) is 1. The number of hydrogen-bond acceptors (Lipinski definition) is 2. The summed E-state index contributed by atoms with van der Waals surface area (Å²) in [6, 6.07) is -0.0343. The van der Waals surface area contributed by atoms with Crippen molar-refractivity contribution in [2.45, 2.75) is 65.0 Å². The van der Waals surface area contributed by atoms with Crippen LogP contribution in [0.3, 0.4) is 0 Å². The van der Waals surface area contributed by atoms with Crippen LogP contribution in [0.1, 0.15) is 52.9 Å². The van der Waals surface area contributed by atoms with Gasteiger partial charge in [0.2, 0.25) is 0 Å². The number of aliphatic carboxylic acids is 1. The Balaban J connectivity index is 2.54. The lowest BCUT2D eigenvalue weighted by atomic mass is 10.0. The number of hydrogen-bond donors (Lipinski definition) is 2. The van der Waals surface area contributed by atoms with Crippen LogP contribution in [0.15, 0.2) is 0 Å². The van der Waals surface area contributed by atoms with E-state index >= 15 is 0 Å². The molecule has 0 radical (unpaired) electrons. The van der Waals surface area contributed by atoms with E-state index in [1.807, 2.05) is 18.7 Å². The summed E-state index contributed by atoms with van der Waals surface area (Å²) < 4.78 is 0. The highest BCUT2D eigenvalue weighted by Crippen LogP contribution is 2.27. The zero-order valence-corrected chi connectivity index (χ0v) is 12.2. The summed E-state index contributed by atoms with van der Waals surface area (Å²) in [5.74, 6) is -0.752. The molecule has 5 nitrogen and oxygen atoms in total. The van der Waals surface area contributed by atoms with E-state index in [0.717, 1.165) is 32.2 Å². The number of amides is 2. The van der Waals surface area contributed by atoms with Crippen molar-refractivity contribution in [2.75, 3.05) is 6.54 Å². The molecule has 1 atom stereocenters. The first-order chi connectivity index (χ1) is 8.95. The summed E-state index contributed by atoms with van der Waals surface area (Å²) in [5, 5.41) is 11.8. The van der Waals surface area contributed by atoms with Crippen LogP contribution in [0.2, 0.25) is 0 Å². The molecule has 0 aromatic carbocycles. The van der Waals surface area contributed by atoms with Crippen LogP contribution in [0.25, 0.3) is 0 Å². The van der Waals surface area contributed by atoms with Gasteiger partial charge in [-0.25, -0.2) is 4.79 Å². The Labute approximate surface area is 115 Å². The predicted octanol–water partition coefficient (Wildman–Crippen LogP) is 2.46. The second-order valence-corrected chi connectivity index (χ2v) is 5.68. The van der Waals surface area contributed by atoms with E-state index in [9.17, 15) is 9.59 Å². The Morgan fingerprint density at radius 3 is 2.42 bits per heavy atom. The van der Waals surface area contributed by atoms with Crippen molar-refractivity contribution < 1.29 is 14.7 Å². The lowest BCUT2D eigenvalue weighted by Gasteiger charge is -2.27. The third kappa shape index (κ3) is 5.49. The number of rotatable bonds is 8. The topological polar surface area (TPSA) is 69.6 Å². The molecule has 1 saturated carbocycles. The van der Waals surface area contributed by atoms with E-state index in [0.29, 0.717) is 6.04 Å².